The Morgan fingerprint density at radius 3 is 2.57 bits per heavy atom. The molecular formula is C22H16F2N4O2. The van der Waals surface area contributed by atoms with E-state index in [2.05, 4.69) is 15.1 Å². The van der Waals surface area contributed by atoms with Gasteiger partial charge in [-0.2, -0.15) is 0 Å². The quantitative estimate of drug-likeness (QED) is 0.473. The molecule has 150 valence electrons. The van der Waals surface area contributed by atoms with Gasteiger partial charge >= 0.3 is 0 Å². The molecule has 0 aliphatic heterocycles. The number of aromatic nitrogens is 3. The van der Waals surface area contributed by atoms with Gasteiger partial charge in [-0.15, -0.1) is 0 Å². The third-order valence-electron chi connectivity index (χ3n) is 4.50. The van der Waals surface area contributed by atoms with Gasteiger partial charge in [-0.25, -0.2) is 23.6 Å². The molecule has 8 heteroatoms. The Kier molecular flexibility index (Phi) is 5.05. The van der Waals surface area contributed by atoms with Crippen molar-refractivity contribution in [2.45, 2.75) is 13.8 Å². The fraction of sp³-hybridized carbons (Fsp3) is 0.0909. The van der Waals surface area contributed by atoms with Crippen LogP contribution in [0.1, 0.15) is 12.5 Å². The van der Waals surface area contributed by atoms with Gasteiger partial charge in [0.1, 0.15) is 23.7 Å². The number of benzene rings is 2. The van der Waals surface area contributed by atoms with Crippen LogP contribution in [-0.4, -0.2) is 21.0 Å². The standard InChI is InChI=1S/C22H16F2N4O2/c1-13-7-8-16(23)15(11-13)21-20(18-9-10-25-12-26-18)22(30-27-21)28(14(2)29)19-6-4-3-5-17(19)24/h3-12H,1-2H3. The largest absolute Gasteiger partial charge is 0.336 e. The molecule has 1 amide bonds. The zero-order valence-electron chi connectivity index (χ0n) is 16.1. The molecule has 0 atom stereocenters. The maximum atomic E-state index is 14.7. The van der Waals surface area contributed by atoms with Crippen LogP contribution in [0.4, 0.5) is 20.4 Å². The zero-order valence-corrected chi connectivity index (χ0v) is 16.1. The summed E-state index contributed by atoms with van der Waals surface area (Å²) in [5.41, 5.74) is 1.71. The molecule has 0 unspecified atom stereocenters. The van der Waals surface area contributed by atoms with Crippen LogP contribution in [-0.2, 0) is 4.79 Å². The number of amides is 1. The summed E-state index contributed by atoms with van der Waals surface area (Å²) in [6, 6.07) is 11.9. The lowest BCUT2D eigenvalue weighted by Crippen LogP contribution is -2.24. The Balaban J connectivity index is 2.01. The van der Waals surface area contributed by atoms with Gasteiger partial charge in [0.25, 0.3) is 0 Å². The van der Waals surface area contributed by atoms with Crippen LogP contribution >= 0.6 is 0 Å². The molecule has 0 saturated carbocycles. The SMILES string of the molecule is CC(=O)N(c1ccccc1F)c1onc(-c2cc(C)ccc2F)c1-c1ccncn1. The molecule has 0 spiro atoms. The molecule has 0 radical (unpaired) electrons. The van der Waals surface area contributed by atoms with E-state index in [9.17, 15) is 13.6 Å². The minimum Gasteiger partial charge on any atom is -0.336 e. The minimum absolute atomic E-state index is 0.0206. The van der Waals surface area contributed by atoms with Gasteiger partial charge in [0, 0.05) is 18.7 Å². The highest BCUT2D eigenvalue weighted by Crippen LogP contribution is 2.42. The van der Waals surface area contributed by atoms with Gasteiger partial charge in [-0.1, -0.05) is 28.9 Å². The van der Waals surface area contributed by atoms with Crippen LogP contribution in [0, 0.1) is 18.6 Å². The zero-order chi connectivity index (χ0) is 21.3. The Hall–Kier alpha value is -3.94. The first kappa shape index (κ1) is 19.4. The summed E-state index contributed by atoms with van der Waals surface area (Å²) in [7, 11) is 0. The van der Waals surface area contributed by atoms with Gasteiger partial charge in [0.2, 0.25) is 11.8 Å². The van der Waals surface area contributed by atoms with Crippen molar-refractivity contribution < 1.29 is 18.1 Å². The smallest absolute Gasteiger partial charge is 0.248 e. The van der Waals surface area contributed by atoms with Crippen molar-refractivity contribution in [2.24, 2.45) is 0 Å². The Labute approximate surface area is 170 Å². The lowest BCUT2D eigenvalue weighted by molar-refractivity contribution is -0.116. The molecule has 6 nitrogen and oxygen atoms in total. The fourth-order valence-corrected chi connectivity index (χ4v) is 3.16. The summed E-state index contributed by atoms with van der Waals surface area (Å²) >= 11 is 0. The Bertz CT molecular complexity index is 1230. The normalized spacial score (nSPS) is 10.8. The monoisotopic (exact) mass is 406 g/mol. The van der Waals surface area contributed by atoms with E-state index in [0.29, 0.717) is 5.69 Å². The number of carbonyl (C=O) groups is 1. The first-order valence-corrected chi connectivity index (χ1v) is 9.05. The topological polar surface area (TPSA) is 72.1 Å². The molecule has 0 N–H and O–H groups in total. The first-order chi connectivity index (χ1) is 14.5. The van der Waals surface area contributed by atoms with E-state index in [1.807, 2.05) is 6.92 Å². The molecule has 0 fully saturated rings. The third kappa shape index (κ3) is 3.43. The van der Waals surface area contributed by atoms with Crippen LogP contribution in [0.2, 0.25) is 0 Å². The summed E-state index contributed by atoms with van der Waals surface area (Å²) in [4.78, 5) is 21.7. The number of hydrogen-bond donors (Lipinski definition) is 0. The molecule has 0 aliphatic rings. The summed E-state index contributed by atoms with van der Waals surface area (Å²) in [6.07, 6.45) is 2.81. The molecule has 4 rings (SSSR count). The van der Waals surface area contributed by atoms with Crippen molar-refractivity contribution in [3.05, 3.63) is 78.3 Å². The molecule has 4 aromatic rings. The minimum atomic E-state index is -0.624. The van der Waals surface area contributed by atoms with Crippen LogP contribution in [0.15, 0.2) is 65.6 Å². The predicted octanol–water partition coefficient (Wildman–Crippen LogP) is 5.07. The van der Waals surface area contributed by atoms with E-state index < -0.39 is 17.5 Å². The lowest BCUT2D eigenvalue weighted by Gasteiger charge is -2.19. The number of hydrogen-bond acceptors (Lipinski definition) is 5. The number of rotatable bonds is 4. The summed E-state index contributed by atoms with van der Waals surface area (Å²) in [6.45, 7) is 3.08. The van der Waals surface area contributed by atoms with Crippen molar-refractivity contribution in [1.29, 1.82) is 0 Å². The summed E-state index contributed by atoms with van der Waals surface area (Å²) in [5, 5.41) is 4.03. The molecular weight excluding hydrogens is 390 g/mol. The summed E-state index contributed by atoms with van der Waals surface area (Å²) < 4.78 is 34.7. The van der Waals surface area contributed by atoms with Gasteiger partial charge in [0.15, 0.2) is 0 Å². The van der Waals surface area contributed by atoms with E-state index in [0.717, 1.165) is 10.5 Å². The molecule has 0 bridgehead atoms. The maximum absolute atomic E-state index is 14.7. The van der Waals surface area contributed by atoms with Crippen LogP contribution in [0.5, 0.6) is 0 Å². The molecule has 2 aromatic carbocycles. The second-order valence-electron chi connectivity index (χ2n) is 6.60. The highest BCUT2D eigenvalue weighted by atomic mass is 19.1. The number of anilines is 2. The second-order valence-corrected chi connectivity index (χ2v) is 6.60. The first-order valence-electron chi connectivity index (χ1n) is 9.05. The van der Waals surface area contributed by atoms with Gasteiger partial charge in [-0.3, -0.25) is 4.79 Å². The van der Waals surface area contributed by atoms with E-state index in [1.54, 1.807) is 24.3 Å². The average Bonchev–Trinajstić information content (AvgIpc) is 3.16. The molecule has 30 heavy (non-hydrogen) atoms. The van der Waals surface area contributed by atoms with Gasteiger partial charge in [-0.05, 0) is 37.3 Å². The van der Waals surface area contributed by atoms with E-state index in [-0.39, 0.29) is 28.4 Å². The average molecular weight is 406 g/mol. The van der Waals surface area contributed by atoms with Gasteiger partial charge < -0.3 is 4.52 Å². The summed E-state index contributed by atoms with van der Waals surface area (Å²) in [5.74, 6) is -1.72. The molecule has 0 aliphatic carbocycles. The van der Waals surface area contributed by atoms with Crippen LogP contribution in [0.25, 0.3) is 22.5 Å². The maximum Gasteiger partial charge on any atom is 0.248 e. The second kappa shape index (κ2) is 7.82. The number of para-hydroxylation sites is 1. The van der Waals surface area contributed by atoms with E-state index in [1.165, 1.54) is 43.7 Å². The van der Waals surface area contributed by atoms with Crippen molar-refractivity contribution in [1.82, 2.24) is 15.1 Å². The third-order valence-corrected chi connectivity index (χ3v) is 4.50. The van der Waals surface area contributed by atoms with Crippen molar-refractivity contribution in [3.63, 3.8) is 0 Å². The lowest BCUT2D eigenvalue weighted by atomic mass is 10.0. The van der Waals surface area contributed by atoms with E-state index >= 15 is 0 Å². The Morgan fingerprint density at radius 1 is 1.07 bits per heavy atom. The molecule has 2 aromatic heterocycles. The number of aryl methyl sites for hydroxylation is 1. The highest BCUT2D eigenvalue weighted by Gasteiger charge is 2.30. The molecule has 2 heterocycles. The van der Waals surface area contributed by atoms with Crippen LogP contribution < -0.4 is 4.90 Å². The number of carbonyl (C=O) groups excluding carboxylic acids is 1. The van der Waals surface area contributed by atoms with Crippen molar-refractivity contribution in [2.75, 3.05) is 4.90 Å². The predicted molar refractivity (Wildman–Crippen MR) is 107 cm³/mol. The fourth-order valence-electron chi connectivity index (χ4n) is 3.16. The van der Waals surface area contributed by atoms with Crippen molar-refractivity contribution >= 4 is 17.5 Å². The Morgan fingerprint density at radius 2 is 1.87 bits per heavy atom. The number of halogens is 2. The van der Waals surface area contributed by atoms with Crippen molar-refractivity contribution in [3.8, 4) is 22.5 Å². The highest BCUT2D eigenvalue weighted by molar-refractivity contribution is 6.03. The number of nitrogens with zero attached hydrogens (tertiary/aromatic N) is 4. The van der Waals surface area contributed by atoms with E-state index in [4.69, 9.17) is 4.52 Å². The van der Waals surface area contributed by atoms with Crippen LogP contribution in [0.3, 0.4) is 0 Å². The molecule has 0 saturated heterocycles. The van der Waals surface area contributed by atoms with Gasteiger partial charge in [0.05, 0.1) is 16.9 Å².